The molecule has 3 aliphatic heterocycles. The van der Waals surface area contributed by atoms with Crippen LogP contribution in [-0.4, -0.2) is 91.0 Å². The molecule has 1 unspecified atom stereocenters. The number of ether oxygens (including phenoxy) is 2. The standard InChI is InChI=1S/C21H30N4O3S/c26-21-25(19(16-28-21)17-4-2-1-3-5-17)18-6-9-24(10-7-18)20(29)22-8-11-23-12-14-27-15-13-23/h1-5,18-19H,6-16H2,(H,22,29). The molecule has 0 bridgehead atoms. The number of nitrogens with one attached hydrogen (secondary N) is 1. The first-order valence-corrected chi connectivity index (χ1v) is 11.0. The number of piperidine rings is 1. The summed E-state index contributed by atoms with van der Waals surface area (Å²) in [5.74, 6) is 0. The first-order valence-electron chi connectivity index (χ1n) is 10.6. The van der Waals surface area contributed by atoms with Crippen molar-refractivity contribution in [3.05, 3.63) is 35.9 Å². The highest BCUT2D eigenvalue weighted by Gasteiger charge is 2.40. The Balaban J connectivity index is 1.25. The van der Waals surface area contributed by atoms with Crippen molar-refractivity contribution in [2.45, 2.75) is 24.9 Å². The predicted octanol–water partition coefficient (Wildman–Crippen LogP) is 1.85. The summed E-state index contributed by atoms with van der Waals surface area (Å²) in [6.07, 6.45) is 1.62. The predicted molar refractivity (Wildman–Crippen MR) is 115 cm³/mol. The van der Waals surface area contributed by atoms with E-state index in [4.69, 9.17) is 21.7 Å². The number of carbonyl (C=O) groups excluding carboxylic acids is 1. The first-order chi connectivity index (χ1) is 14.2. The highest BCUT2D eigenvalue weighted by Crippen LogP contribution is 2.33. The van der Waals surface area contributed by atoms with E-state index < -0.39 is 0 Å². The summed E-state index contributed by atoms with van der Waals surface area (Å²) in [7, 11) is 0. The molecular weight excluding hydrogens is 388 g/mol. The lowest BCUT2D eigenvalue weighted by molar-refractivity contribution is 0.0388. The van der Waals surface area contributed by atoms with Crippen LogP contribution in [0.3, 0.4) is 0 Å². The molecule has 0 aliphatic carbocycles. The minimum atomic E-state index is -0.191. The van der Waals surface area contributed by atoms with Crippen LogP contribution in [0.4, 0.5) is 4.79 Å². The van der Waals surface area contributed by atoms with Crippen molar-refractivity contribution in [1.82, 2.24) is 20.0 Å². The number of cyclic esters (lactones) is 1. The molecule has 29 heavy (non-hydrogen) atoms. The van der Waals surface area contributed by atoms with Crippen molar-refractivity contribution in [3.8, 4) is 0 Å². The third-order valence-electron chi connectivity index (χ3n) is 6.05. The van der Waals surface area contributed by atoms with Crippen molar-refractivity contribution < 1.29 is 14.3 Å². The number of carbonyl (C=O) groups is 1. The molecule has 1 amide bonds. The fourth-order valence-corrected chi connectivity index (χ4v) is 4.66. The molecule has 1 atom stereocenters. The van der Waals surface area contributed by atoms with Crippen molar-refractivity contribution in [2.24, 2.45) is 0 Å². The lowest BCUT2D eigenvalue weighted by atomic mass is 9.99. The van der Waals surface area contributed by atoms with Gasteiger partial charge in [0, 0.05) is 45.3 Å². The third kappa shape index (κ3) is 4.99. The molecule has 3 saturated heterocycles. The molecular formula is C21H30N4O3S. The first kappa shape index (κ1) is 20.4. The van der Waals surface area contributed by atoms with Gasteiger partial charge in [-0.05, 0) is 30.6 Å². The third-order valence-corrected chi connectivity index (χ3v) is 6.45. The van der Waals surface area contributed by atoms with E-state index in [0.29, 0.717) is 6.61 Å². The highest BCUT2D eigenvalue weighted by atomic mass is 32.1. The van der Waals surface area contributed by atoms with E-state index in [1.165, 1.54) is 0 Å². The van der Waals surface area contributed by atoms with Crippen LogP contribution in [0, 0.1) is 0 Å². The molecule has 7 nitrogen and oxygen atoms in total. The van der Waals surface area contributed by atoms with Gasteiger partial charge in [0.25, 0.3) is 0 Å². The largest absolute Gasteiger partial charge is 0.447 e. The molecule has 1 aromatic rings. The molecule has 0 spiro atoms. The number of likely N-dealkylation sites (tertiary alicyclic amines) is 1. The molecule has 3 aliphatic rings. The molecule has 3 heterocycles. The van der Waals surface area contributed by atoms with Gasteiger partial charge in [-0.3, -0.25) is 9.80 Å². The van der Waals surface area contributed by atoms with E-state index >= 15 is 0 Å². The van der Waals surface area contributed by atoms with Crippen molar-refractivity contribution >= 4 is 23.4 Å². The number of hydrogen-bond acceptors (Lipinski definition) is 5. The Morgan fingerprint density at radius 3 is 2.55 bits per heavy atom. The van der Waals surface area contributed by atoms with E-state index in [0.717, 1.165) is 76.0 Å². The summed E-state index contributed by atoms with van der Waals surface area (Å²) in [6, 6.07) is 10.4. The fourth-order valence-electron chi connectivity index (χ4n) is 4.37. The van der Waals surface area contributed by atoms with Gasteiger partial charge in [0.05, 0.1) is 19.3 Å². The maximum atomic E-state index is 12.4. The SMILES string of the molecule is O=C1OCC(c2ccccc2)N1C1CCN(C(=S)NCCN2CCOCC2)CC1. The Bertz CT molecular complexity index is 690. The molecule has 1 N–H and O–H groups in total. The van der Waals surface area contributed by atoms with Crippen LogP contribution < -0.4 is 5.32 Å². The van der Waals surface area contributed by atoms with Crippen LogP contribution in [0.2, 0.25) is 0 Å². The summed E-state index contributed by atoms with van der Waals surface area (Å²) in [6.45, 7) is 7.62. The zero-order chi connectivity index (χ0) is 20.1. The summed E-state index contributed by atoms with van der Waals surface area (Å²) < 4.78 is 10.8. The smallest absolute Gasteiger partial charge is 0.410 e. The Morgan fingerprint density at radius 1 is 1.10 bits per heavy atom. The number of thiocarbonyl (C=S) groups is 1. The normalized spacial score (nSPS) is 23.9. The van der Waals surface area contributed by atoms with E-state index in [1.807, 2.05) is 23.1 Å². The van der Waals surface area contributed by atoms with Gasteiger partial charge in [-0.2, -0.15) is 0 Å². The molecule has 0 saturated carbocycles. The summed E-state index contributed by atoms with van der Waals surface area (Å²) in [4.78, 5) is 19.0. The summed E-state index contributed by atoms with van der Waals surface area (Å²) >= 11 is 5.60. The van der Waals surface area contributed by atoms with Gasteiger partial charge in [-0.25, -0.2) is 4.79 Å². The highest BCUT2D eigenvalue weighted by molar-refractivity contribution is 7.80. The Kier molecular flexibility index (Phi) is 6.84. The molecule has 0 radical (unpaired) electrons. The van der Waals surface area contributed by atoms with Crippen molar-refractivity contribution in [1.29, 1.82) is 0 Å². The zero-order valence-corrected chi connectivity index (χ0v) is 17.6. The van der Waals surface area contributed by atoms with Gasteiger partial charge in [-0.15, -0.1) is 0 Å². The number of benzene rings is 1. The maximum Gasteiger partial charge on any atom is 0.410 e. The van der Waals surface area contributed by atoms with E-state index in [-0.39, 0.29) is 18.2 Å². The molecule has 3 fully saturated rings. The fraction of sp³-hybridized carbons (Fsp3) is 0.619. The van der Waals surface area contributed by atoms with Crippen molar-refractivity contribution in [2.75, 3.05) is 59.1 Å². The Morgan fingerprint density at radius 2 is 1.83 bits per heavy atom. The topological polar surface area (TPSA) is 57.3 Å². The average molecular weight is 419 g/mol. The lowest BCUT2D eigenvalue weighted by Gasteiger charge is -2.39. The van der Waals surface area contributed by atoms with Gasteiger partial charge >= 0.3 is 6.09 Å². The second-order valence-electron chi connectivity index (χ2n) is 7.81. The number of amides is 1. The van der Waals surface area contributed by atoms with Gasteiger partial charge < -0.3 is 19.7 Å². The molecule has 8 heteroatoms. The van der Waals surface area contributed by atoms with Crippen LogP contribution in [0.15, 0.2) is 30.3 Å². The van der Waals surface area contributed by atoms with Crippen LogP contribution >= 0.6 is 12.2 Å². The molecule has 1 aromatic carbocycles. The molecule has 0 aromatic heterocycles. The summed E-state index contributed by atoms with van der Waals surface area (Å²) in [5, 5.41) is 4.22. The number of morpholine rings is 1. The van der Waals surface area contributed by atoms with E-state index in [1.54, 1.807) is 0 Å². The van der Waals surface area contributed by atoms with Gasteiger partial charge in [0.2, 0.25) is 0 Å². The van der Waals surface area contributed by atoms with Crippen LogP contribution in [0.25, 0.3) is 0 Å². The molecule has 4 rings (SSSR count). The summed E-state index contributed by atoms with van der Waals surface area (Å²) in [5.41, 5.74) is 1.14. The Labute approximate surface area is 177 Å². The van der Waals surface area contributed by atoms with Crippen LogP contribution in [-0.2, 0) is 9.47 Å². The van der Waals surface area contributed by atoms with Gasteiger partial charge in [0.1, 0.15) is 6.61 Å². The maximum absolute atomic E-state index is 12.4. The average Bonchev–Trinajstić information content (AvgIpc) is 3.16. The minimum Gasteiger partial charge on any atom is -0.447 e. The van der Waals surface area contributed by atoms with Gasteiger partial charge in [-0.1, -0.05) is 30.3 Å². The molecule has 158 valence electrons. The lowest BCUT2D eigenvalue weighted by Crippen LogP contribution is -2.51. The quantitative estimate of drug-likeness (QED) is 0.733. The van der Waals surface area contributed by atoms with Crippen LogP contribution in [0.1, 0.15) is 24.4 Å². The second kappa shape index (κ2) is 9.73. The van der Waals surface area contributed by atoms with E-state index in [9.17, 15) is 4.79 Å². The second-order valence-corrected chi connectivity index (χ2v) is 8.20. The number of rotatable bonds is 5. The van der Waals surface area contributed by atoms with Crippen molar-refractivity contribution in [3.63, 3.8) is 0 Å². The minimum absolute atomic E-state index is 0.0128. The monoisotopic (exact) mass is 418 g/mol. The van der Waals surface area contributed by atoms with Crippen LogP contribution in [0.5, 0.6) is 0 Å². The Hall–Kier alpha value is -1.90. The van der Waals surface area contributed by atoms with E-state index in [2.05, 4.69) is 27.2 Å². The number of nitrogens with zero attached hydrogens (tertiary/aromatic N) is 3. The van der Waals surface area contributed by atoms with Gasteiger partial charge in [0.15, 0.2) is 5.11 Å². The zero-order valence-electron chi connectivity index (χ0n) is 16.8. The number of hydrogen-bond donors (Lipinski definition) is 1.